The summed E-state index contributed by atoms with van der Waals surface area (Å²) in [4.78, 5) is 37.4. The van der Waals surface area contributed by atoms with E-state index in [4.69, 9.17) is 4.74 Å². The normalized spacial score (nSPS) is 56.1. The molecule has 0 aromatic carbocycles. The van der Waals surface area contributed by atoms with Gasteiger partial charge in [-0.25, -0.2) is 0 Å². The van der Waals surface area contributed by atoms with Gasteiger partial charge in [-0.1, -0.05) is 19.4 Å². The van der Waals surface area contributed by atoms with Gasteiger partial charge in [0, 0.05) is 18.3 Å². The molecule has 0 aromatic heterocycles. The Morgan fingerprint density at radius 2 is 1.72 bits per heavy atom. The molecule has 29 heavy (non-hydrogen) atoms. The van der Waals surface area contributed by atoms with Gasteiger partial charge in [0.2, 0.25) is 0 Å². The highest BCUT2D eigenvalue weighted by atomic mass is 16.6. The molecule has 0 bridgehead atoms. The summed E-state index contributed by atoms with van der Waals surface area (Å²) in [6, 6.07) is 0. The van der Waals surface area contributed by atoms with Gasteiger partial charge < -0.3 is 4.74 Å². The van der Waals surface area contributed by atoms with E-state index in [0.29, 0.717) is 47.7 Å². The zero-order chi connectivity index (χ0) is 20.5. The van der Waals surface area contributed by atoms with Crippen LogP contribution in [0.15, 0.2) is 11.6 Å². The summed E-state index contributed by atoms with van der Waals surface area (Å²) in [6.45, 7) is 7.76. The molecule has 5 fully saturated rings. The van der Waals surface area contributed by atoms with Gasteiger partial charge in [0.05, 0.1) is 0 Å². The first-order chi connectivity index (χ1) is 13.6. The fourth-order valence-electron chi connectivity index (χ4n) is 9.35. The van der Waals surface area contributed by atoms with Crippen LogP contribution in [-0.2, 0) is 19.1 Å². The van der Waals surface area contributed by atoms with Crippen LogP contribution in [0.4, 0.5) is 0 Å². The van der Waals surface area contributed by atoms with Gasteiger partial charge >= 0.3 is 5.97 Å². The number of Topliss-reactive ketones (excluding diaryl/α,β-unsaturated/α-hetero) is 1. The fourth-order valence-corrected chi connectivity index (χ4v) is 9.35. The number of esters is 1. The van der Waals surface area contributed by atoms with Crippen molar-refractivity contribution in [3.63, 3.8) is 0 Å². The highest BCUT2D eigenvalue weighted by molar-refractivity contribution is 5.96. The number of carbonyl (C=O) groups excluding carboxylic acids is 3. The Bertz CT molecular complexity index is 887. The SMILES string of the molecule is CC(=O)O[C@]1(C(C)=O)CC[C@H]2[C@@H]3[C@H]4C[C@H]4C4=CC(=O)[C@@H]5C[C@@H]5[C@]4(C)[C@H]3CC[C@@]21C. The highest BCUT2D eigenvalue weighted by Gasteiger charge is 2.75. The van der Waals surface area contributed by atoms with Crippen LogP contribution in [0.2, 0.25) is 0 Å². The number of rotatable bonds is 2. The van der Waals surface area contributed by atoms with E-state index >= 15 is 0 Å². The lowest BCUT2D eigenvalue weighted by molar-refractivity contribution is -0.188. The van der Waals surface area contributed by atoms with Gasteiger partial charge in [0.15, 0.2) is 17.2 Å². The Kier molecular flexibility index (Phi) is 3.31. The number of ketones is 2. The minimum Gasteiger partial charge on any atom is -0.451 e. The predicted molar refractivity (Wildman–Crippen MR) is 107 cm³/mol. The summed E-state index contributed by atoms with van der Waals surface area (Å²) in [6.07, 6.45) is 8.02. The molecule has 6 aliphatic rings. The van der Waals surface area contributed by atoms with Crippen LogP contribution in [0.1, 0.15) is 66.2 Å². The van der Waals surface area contributed by atoms with Crippen molar-refractivity contribution in [1.29, 1.82) is 0 Å². The molecule has 0 aliphatic heterocycles. The van der Waals surface area contributed by atoms with E-state index in [0.717, 1.165) is 25.7 Å². The fraction of sp³-hybridized carbons (Fsp3) is 0.800. The van der Waals surface area contributed by atoms with Crippen molar-refractivity contribution < 1.29 is 19.1 Å². The number of allylic oxidation sites excluding steroid dienone is 1. The molecule has 0 unspecified atom stereocenters. The first-order valence-corrected chi connectivity index (χ1v) is 11.6. The van der Waals surface area contributed by atoms with Gasteiger partial charge in [-0.2, -0.15) is 0 Å². The molecule has 0 amide bonds. The van der Waals surface area contributed by atoms with Crippen molar-refractivity contribution in [1.82, 2.24) is 0 Å². The van der Waals surface area contributed by atoms with Crippen LogP contribution in [0.25, 0.3) is 0 Å². The van der Waals surface area contributed by atoms with Gasteiger partial charge in [-0.3, -0.25) is 14.4 Å². The molecule has 0 radical (unpaired) electrons. The summed E-state index contributed by atoms with van der Waals surface area (Å²) in [5.41, 5.74) is 0.446. The molecule has 10 atom stereocenters. The number of fused-ring (bicyclic) bond motifs is 10. The lowest BCUT2D eigenvalue weighted by atomic mass is 9.46. The Balaban J connectivity index is 1.42. The van der Waals surface area contributed by atoms with Crippen LogP contribution in [0.5, 0.6) is 0 Å². The van der Waals surface area contributed by atoms with Crippen molar-refractivity contribution in [2.45, 2.75) is 71.8 Å². The standard InChI is InChI=1S/C25H32O4/c1-12(26)25(29-13(2)27)8-6-17-22-15-9-14(15)20-11-21(28)16-10-19(16)24(20,4)18(22)5-7-23(17,25)3/h11,14-19,22H,5-10H2,1-4H3/t14-,15+,16-,17+,18+,19+,22+,23+,24+,25+/m1/s1. The average molecular weight is 397 g/mol. The maximum absolute atomic E-state index is 12.9. The van der Waals surface area contributed by atoms with Crippen LogP contribution in [-0.4, -0.2) is 23.1 Å². The number of hydrogen-bond acceptors (Lipinski definition) is 4. The molecule has 4 nitrogen and oxygen atoms in total. The molecular formula is C25H32O4. The Hall–Kier alpha value is -1.45. The van der Waals surface area contributed by atoms with Gasteiger partial charge in [-0.05, 0) is 92.4 Å². The molecular weight excluding hydrogens is 364 g/mol. The van der Waals surface area contributed by atoms with E-state index in [1.54, 1.807) is 6.92 Å². The minimum atomic E-state index is -0.944. The molecule has 0 saturated heterocycles. The van der Waals surface area contributed by atoms with Crippen LogP contribution >= 0.6 is 0 Å². The Morgan fingerprint density at radius 1 is 1.00 bits per heavy atom. The zero-order valence-electron chi connectivity index (χ0n) is 18.0. The van der Waals surface area contributed by atoms with Crippen molar-refractivity contribution in [3.05, 3.63) is 11.6 Å². The largest absolute Gasteiger partial charge is 0.451 e. The van der Waals surface area contributed by atoms with Crippen molar-refractivity contribution in [2.75, 3.05) is 0 Å². The summed E-state index contributed by atoms with van der Waals surface area (Å²) in [5.74, 6) is 3.78. The maximum Gasteiger partial charge on any atom is 0.303 e. The van der Waals surface area contributed by atoms with E-state index in [-0.39, 0.29) is 28.5 Å². The van der Waals surface area contributed by atoms with Gasteiger partial charge in [-0.15, -0.1) is 0 Å². The molecule has 4 heteroatoms. The van der Waals surface area contributed by atoms with Crippen molar-refractivity contribution >= 4 is 17.5 Å². The zero-order valence-corrected chi connectivity index (χ0v) is 18.0. The van der Waals surface area contributed by atoms with Crippen molar-refractivity contribution in [2.24, 2.45) is 52.3 Å². The topological polar surface area (TPSA) is 60.4 Å². The minimum absolute atomic E-state index is 0.0247. The molecule has 0 heterocycles. The number of carbonyl (C=O) groups is 3. The van der Waals surface area contributed by atoms with Crippen molar-refractivity contribution in [3.8, 4) is 0 Å². The molecule has 0 N–H and O–H groups in total. The molecule has 0 spiro atoms. The second-order valence-corrected chi connectivity index (χ2v) is 11.5. The maximum atomic E-state index is 12.9. The summed E-state index contributed by atoms with van der Waals surface area (Å²) in [7, 11) is 0. The quantitative estimate of drug-likeness (QED) is 0.659. The number of ether oxygens (including phenoxy) is 1. The van der Waals surface area contributed by atoms with E-state index < -0.39 is 5.60 Å². The third-order valence-electron chi connectivity index (χ3n) is 10.7. The van der Waals surface area contributed by atoms with E-state index in [1.165, 1.54) is 18.9 Å². The smallest absolute Gasteiger partial charge is 0.303 e. The van der Waals surface area contributed by atoms with E-state index in [9.17, 15) is 14.4 Å². The van der Waals surface area contributed by atoms with Gasteiger partial charge in [0.25, 0.3) is 0 Å². The van der Waals surface area contributed by atoms with Gasteiger partial charge in [0.1, 0.15) is 0 Å². The first-order valence-electron chi connectivity index (χ1n) is 11.6. The summed E-state index contributed by atoms with van der Waals surface area (Å²) >= 11 is 0. The molecule has 0 aromatic rings. The lowest BCUT2D eigenvalue weighted by Crippen LogP contribution is -2.59. The first kappa shape index (κ1) is 18.3. The third-order valence-corrected chi connectivity index (χ3v) is 10.7. The monoisotopic (exact) mass is 396 g/mol. The molecule has 6 aliphatic carbocycles. The molecule has 5 saturated carbocycles. The Labute approximate surface area is 172 Å². The second-order valence-electron chi connectivity index (χ2n) is 11.5. The van der Waals surface area contributed by atoms with Crippen LogP contribution in [0.3, 0.4) is 0 Å². The van der Waals surface area contributed by atoms with Crippen LogP contribution in [0, 0.1) is 52.3 Å². The third kappa shape index (κ3) is 1.95. The van der Waals surface area contributed by atoms with E-state index in [1.807, 2.05) is 0 Å². The van der Waals surface area contributed by atoms with E-state index in [2.05, 4.69) is 19.9 Å². The van der Waals surface area contributed by atoms with Crippen LogP contribution < -0.4 is 0 Å². The summed E-state index contributed by atoms with van der Waals surface area (Å²) < 4.78 is 5.89. The molecule has 156 valence electrons. The second kappa shape index (κ2) is 5.23. The summed E-state index contributed by atoms with van der Waals surface area (Å²) in [5, 5.41) is 0. The lowest BCUT2D eigenvalue weighted by Gasteiger charge is -2.59. The predicted octanol–water partition coefficient (Wildman–Crippen LogP) is 4.12. The number of hydrogen-bond donors (Lipinski definition) is 0. The average Bonchev–Trinajstić information content (AvgIpc) is 3.54. The highest BCUT2D eigenvalue weighted by Crippen LogP contribution is 2.78. The molecule has 6 rings (SSSR count). The Morgan fingerprint density at radius 3 is 2.41 bits per heavy atom.